The van der Waals surface area contributed by atoms with Crippen LogP contribution >= 0.6 is 0 Å². The van der Waals surface area contributed by atoms with E-state index in [4.69, 9.17) is 9.47 Å². The Morgan fingerprint density at radius 1 is 0.722 bits per heavy atom. The van der Waals surface area contributed by atoms with E-state index in [1.54, 1.807) is 7.11 Å². The van der Waals surface area contributed by atoms with Crippen LogP contribution in [0.25, 0.3) is 0 Å². The maximum Gasteiger partial charge on any atom is 0.293 e. The van der Waals surface area contributed by atoms with Crippen LogP contribution in [0.5, 0.6) is 0 Å². The summed E-state index contributed by atoms with van der Waals surface area (Å²) in [6.07, 6.45) is 9.07. The number of unbranched alkanes of at least 4 members (excludes halogenated alkanes) is 6. The Labute approximate surface area is 111 Å². The molecule has 0 aliphatic heterocycles. The maximum absolute atomic E-state index is 9.87. The van der Waals surface area contributed by atoms with Crippen molar-refractivity contribution < 1.29 is 19.0 Å². The lowest BCUT2D eigenvalue weighted by Gasteiger charge is -2.04. The second-order valence-electron chi connectivity index (χ2n) is 4.40. The molecule has 0 saturated carbocycles. The summed E-state index contributed by atoms with van der Waals surface area (Å²) in [5, 5.41) is 0. The molecule has 0 spiro atoms. The second kappa shape index (κ2) is 16.4. The first kappa shape index (κ1) is 17.4. The zero-order valence-electron chi connectivity index (χ0n) is 11.7. The molecule has 0 aliphatic rings. The summed E-state index contributed by atoms with van der Waals surface area (Å²) in [7, 11) is 1.74. The predicted molar refractivity (Wildman–Crippen MR) is 71.6 cm³/mol. The molecular weight excluding hydrogens is 232 g/mol. The topological polar surface area (TPSA) is 44.8 Å². The lowest BCUT2D eigenvalue weighted by molar-refractivity contribution is -0.128. The average Bonchev–Trinajstić information content (AvgIpc) is 2.39. The van der Waals surface area contributed by atoms with E-state index in [1.165, 1.54) is 12.8 Å². The Bertz CT molecular complexity index is 162. The van der Waals surface area contributed by atoms with Crippen molar-refractivity contribution in [3.8, 4) is 0 Å². The normalized spacial score (nSPS) is 10.5. The van der Waals surface area contributed by atoms with E-state index >= 15 is 0 Å². The first-order chi connectivity index (χ1) is 8.91. The molecule has 0 fully saturated rings. The van der Waals surface area contributed by atoms with Crippen molar-refractivity contribution >= 4 is 6.47 Å². The Morgan fingerprint density at radius 2 is 1.22 bits per heavy atom. The largest absolute Gasteiger partial charge is 0.468 e. The van der Waals surface area contributed by atoms with E-state index in [2.05, 4.69) is 4.74 Å². The van der Waals surface area contributed by atoms with Gasteiger partial charge in [-0.3, -0.25) is 4.79 Å². The zero-order chi connectivity index (χ0) is 13.3. The Balaban J connectivity index is 2.88. The number of hydrogen-bond donors (Lipinski definition) is 0. The number of methoxy groups -OCH3 is 1. The minimum Gasteiger partial charge on any atom is -0.468 e. The minimum absolute atomic E-state index is 0.510. The molecule has 0 bridgehead atoms. The van der Waals surface area contributed by atoms with Gasteiger partial charge in [-0.2, -0.15) is 0 Å². The second-order valence-corrected chi connectivity index (χ2v) is 4.40. The Kier molecular flexibility index (Phi) is 15.8. The first-order valence-corrected chi connectivity index (χ1v) is 7.03. The Morgan fingerprint density at radius 3 is 1.72 bits per heavy atom. The van der Waals surface area contributed by atoms with Crippen LogP contribution < -0.4 is 0 Å². The predicted octanol–water partition coefficient (Wildman–Crippen LogP) is 2.94. The van der Waals surface area contributed by atoms with E-state index in [1.807, 2.05) is 0 Å². The number of ether oxygens (including phenoxy) is 3. The van der Waals surface area contributed by atoms with Gasteiger partial charge in [-0.15, -0.1) is 0 Å². The van der Waals surface area contributed by atoms with Crippen LogP contribution in [-0.2, 0) is 19.0 Å². The third-order valence-corrected chi connectivity index (χ3v) is 2.76. The third kappa shape index (κ3) is 15.4. The van der Waals surface area contributed by atoms with Gasteiger partial charge in [-0.1, -0.05) is 19.3 Å². The molecule has 0 aromatic rings. The first-order valence-electron chi connectivity index (χ1n) is 7.03. The van der Waals surface area contributed by atoms with Gasteiger partial charge in [-0.25, -0.2) is 0 Å². The lowest BCUT2D eigenvalue weighted by Crippen LogP contribution is -1.98. The average molecular weight is 260 g/mol. The van der Waals surface area contributed by atoms with E-state index in [0.29, 0.717) is 13.1 Å². The molecule has 4 nitrogen and oxygen atoms in total. The molecule has 0 saturated heterocycles. The van der Waals surface area contributed by atoms with Crippen LogP contribution in [0, 0.1) is 0 Å². The highest BCUT2D eigenvalue weighted by Gasteiger charge is 1.93. The van der Waals surface area contributed by atoms with Gasteiger partial charge in [0.25, 0.3) is 6.47 Å². The monoisotopic (exact) mass is 260 g/mol. The van der Waals surface area contributed by atoms with Gasteiger partial charge < -0.3 is 14.2 Å². The van der Waals surface area contributed by atoms with Crippen molar-refractivity contribution in [2.24, 2.45) is 0 Å². The smallest absolute Gasteiger partial charge is 0.293 e. The van der Waals surface area contributed by atoms with Crippen LogP contribution in [-0.4, -0.2) is 40.0 Å². The fraction of sp³-hybridized carbons (Fsp3) is 0.929. The van der Waals surface area contributed by atoms with Crippen LogP contribution in [0.15, 0.2) is 0 Å². The van der Waals surface area contributed by atoms with Crippen LogP contribution in [0.3, 0.4) is 0 Å². The van der Waals surface area contributed by atoms with Crippen molar-refractivity contribution in [3.05, 3.63) is 0 Å². The third-order valence-electron chi connectivity index (χ3n) is 2.76. The molecule has 0 aliphatic carbocycles. The fourth-order valence-electron chi connectivity index (χ4n) is 1.70. The van der Waals surface area contributed by atoms with Gasteiger partial charge in [0.05, 0.1) is 6.61 Å². The molecule has 18 heavy (non-hydrogen) atoms. The van der Waals surface area contributed by atoms with Crippen molar-refractivity contribution in [3.63, 3.8) is 0 Å². The summed E-state index contributed by atoms with van der Waals surface area (Å²) in [6, 6.07) is 0. The quantitative estimate of drug-likeness (QED) is 0.335. The highest BCUT2D eigenvalue weighted by atomic mass is 16.5. The van der Waals surface area contributed by atoms with Gasteiger partial charge in [0.15, 0.2) is 0 Å². The molecule has 0 amide bonds. The van der Waals surface area contributed by atoms with E-state index < -0.39 is 0 Å². The van der Waals surface area contributed by atoms with Crippen LogP contribution in [0.1, 0.15) is 51.4 Å². The number of hydrogen-bond acceptors (Lipinski definition) is 4. The van der Waals surface area contributed by atoms with E-state index in [9.17, 15) is 4.79 Å². The molecular formula is C14H28O4. The minimum atomic E-state index is 0.510. The van der Waals surface area contributed by atoms with Gasteiger partial charge in [0.1, 0.15) is 0 Å². The van der Waals surface area contributed by atoms with Crippen molar-refractivity contribution in [1.29, 1.82) is 0 Å². The van der Waals surface area contributed by atoms with Gasteiger partial charge in [0, 0.05) is 26.9 Å². The maximum atomic E-state index is 9.87. The summed E-state index contributed by atoms with van der Waals surface area (Å²) in [5.74, 6) is 0. The summed E-state index contributed by atoms with van der Waals surface area (Å²) in [4.78, 5) is 9.87. The van der Waals surface area contributed by atoms with E-state index in [-0.39, 0.29) is 0 Å². The number of carbonyl (C=O) groups excluding carboxylic acids is 1. The molecule has 0 rings (SSSR count). The fourth-order valence-corrected chi connectivity index (χ4v) is 1.70. The molecule has 4 heteroatoms. The molecule has 0 atom stereocenters. The van der Waals surface area contributed by atoms with Crippen molar-refractivity contribution in [1.82, 2.24) is 0 Å². The number of carbonyl (C=O) groups is 1. The summed E-state index contributed by atoms with van der Waals surface area (Å²) in [6.45, 7) is 3.66. The standard InChI is InChI=1S/C14H28O4/c1-16-10-6-2-3-7-11-17-12-8-4-5-9-13-18-14-15/h14H,2-13H2,1H3. The lowest BCUT2D eigenvalue weighted by atomic mass is 10.2. The zero-order valence-corrected chi connectivity index (χ0v) is 11.7. The molecule has 0 heterocycles. The molecule has 0 unspecified atom stereocenters. The Hall–Kier alpha value is -0.610. The molecule has 0 aromatic carbocycles. The van der Waals surface area contributed by atoms with Gasteiger partial charge in [-0.05, 0) is 32.1 Å². The van der Waals surface area contributed by atoms with Crippen molar-refractivity contribution in [2.75, 3.05) is 33.5 Å². The summed E-state index contributed by atoms with van der Waals surface area (Å²) >= 11 is 0. The van der Waals surface area contributed by atoms with Gasteiger partial charge >= 0.3 is 0 Å². The van der Waals surface area contributed by atoms with Crippen molar-refractivity contribution in [2.45, 2.75) is 51.4 Å². The van der Waals surface area contributed by atoms with Crippen LogP contribution in [0.2, 0.25) is 0 Å². The summed E-state index contributed by atoms with van der Waals surface area (Å²) < 4.78 is 15.2. The molecule has 0 aromatic heterocycles. The highest BCUT2D eigenvalue weighted by molar-refractivity contribution is 5.36. The van der Waals surface area contributed by atoms with Crippen LogP contribution in [0.4, 0.5) is 0 Å². The SMILES string of the molecule is COCCCCCCOCCCCCCOC=O. The van der Waals surface area contributed by atoms with E-state index in [0.717, 1.165) is 58.3 Å². The van der Waals surface area contributed by atoms with Gasteiger partial charge in [0.2, 0.25) is 0 Å². The summed E-state index contributed by atoms with van der Waals surface area (Å²) in [5.41, 5.74) is 0. The molecule has 0 N–H and O–H groups in total. The highest BCUT2D eigenvalue weighted by Crippen LogP contribution is 2.03. The molecule has 0 radical (unpaired) electrons. The molecule has 108 valence electrons. The number of rotatable bonds is 15.